The molecule has 0 saturated carbocycles. The van der Waals surface area contributed by atoms with Gasteiger partial charge in [-0.25, -0.2) is 4.98 Å². The number of benzene rings is 2. The molecule has 3 rings (SSSR count). The molecule has 1 aromatic heterocycles. The number of anilines is 2. The highest BCUT2D eigenvalue weighted by Crippen LogP contribution is 2.43. The first-order valence-corrected chi connectivity index (χ1v) is 9.77. The van der Waals surface area contributed by atoms with E-state index in [-0.39, 0.29) is 26.7 Å². The van der Waals surface area contributed by atoms with Crippen LogP contribution in [0.5, 0.6) is 11.6 Å². The first-order valence-electron chi connectivity index (χ1n) is 7.94. The monoisotopic (exact) mass is 502 g/mol. The van der Waals surface area contributed by atoms with Gasteiger partial charge < -0.3 is 10.1 Å². The molecule has 0 bridgehead atoms. The van der Waals surface area contributed by atoms with Crippen molar-refractivity contribution >= 4 is 48.9 Å². The molecule has 0 atom stereocenters. The zero-order valence-electron chi connectivity index (χ0n) is 14.2. The fourth-order valence-corrected chi connectivity index (χ4v) is 2.95. The van der Waals surface area contributed by atoms with Gasteiger partial charge >= 0.3 is 5.69 Å². The van der Waals surface area contributed by atoms with Crippen molar-refractivity contribution in [2.24, 2.45) is 0 Å². The van der Waals surface area contributed by atoms with Gasteiger partial charge in [-0.05, 0) is 48.0 Å². The van der Waals surface area contributed by atoms with Crippen molar-refractivity contribution in [3.8, 4) is 17.7 Å². The molecular formula is C19H12Br2N4O3. The lowest BCUT2D eigenvalue weighted by Gasteiger charge is -2.14. The largest absolute Gasteiger partial charge is 0.432 e. The van der Waals surface area contributed by atoms with Gasteiger partial charge in [-0.15, -0.1) is 0 Å². The highest BCUT2D eigenvalue weighted by Gasteiger charge is 2.25. The minimum Gasteiger partial charge on any atom is -0.432 e. The number of alkyl halides is 2. The molecule has 140 valence electrons. The van der Waals surface area contributed by atoms with Crippen molar-refractivity contribution in [2.45, 2.75) is 3.74 Å². The van der Waals surface area contributed by atoms with E-state index >= 15 is 0 Å². The molecule has 0 aliphatic rings. The van der Waals surface area contributed by atoms with Crippen molar-refractivity contribution in [1.82, 2.24) is 4.98 Å². The summed E-state index contributed by atoms with van der Waals surface area (Å²) in [7, 11) is 0. The van der Waals surface area contributed by atoms with E-state index in [0.717, 1.165) is 0 Å². The molecule has 9 heteroatoms. The Bertz CT molecular complexity index is 1040. The van der Waals surface area contributed by atoms with Crippen molar-refractivity contribution in [1.29, 1.82) is 5.26 Å². The first-order chi connectivity index (χ1) is 13.5. The number of nitro benzene ring substituents is 1. The zero-order valence-corrected chi connectivity index (χ0v) is 17.3. The fourth-order valence-electron chi connectivity index (χ4n) is 2.42. The van der Waals surface area contributed by atoms with Crippen molar-refractivity contribution in [3.05, 3.63) is 82.0 Å². The molecule has 1 heterocycles. The van der Waals surface area contributed by atoms with E-state index in [9.17, 15) is 10.1 Å². The quantitative estimate of drug-likeness (QED) is 0.244. The Hall–Kier alpha value is -2.96. The summed E-state index contributed by atoms with van der Waals surface area (Å²) in [5, 5.41) is 23.8. The zero-order chi connectivity index (χ0) is 20.1. The number of hydrogen-bond acceptors (Lipinski definition) is 6. The molecule has 1 N–H and O–H groups in total. The Morgan fingerprint density at radius 1 is 1.18 bits per heavy atom. The Morgan fingerprint density at radius 2 is 1.93 bits per heavy atom. The predicted octanol–water partition coefficient (Wildman–Crippen LogP) is 6.19. The van der Waals surface area contributed by atoms with Crippen LogP contribution in [0.25, 0.3) is 0 Å². The minimum atomic E-state index is -0.508. The fraction of sp³-hybridized carbons (Fsp3) is 0.0526. The predicted molar refractivity (Wildman–Crippen MR) is 112 cm³/mol. The van der Waals surface area contributed by atoms with Gasteiger partial charge in [0.25, 0.3) is 0 Å². The van der Waals surface area contributed by atoms with E-state index in [2.05, 4.69) is 42.2 Å². The van der Waals surface area contributed by atoms with Crippen LogP contribution >= 0.6 is 31.9 Å². The van der Waals surface area contributed by atoms with Crippen LogP contribution in [0, 0.1) is 21.4 Å². The summed E-state index contributed by atoms with van der Waals surface area (Å²) in [6.07, 6.45) is 1.54. The van der Waals surface area contributed by atoms with Crippen LogP contribution in [0.3, 0.4) is 0 Å². The van der Waals surface area contributed by atoms with Crippen molar-refractivity contribution in [2.75, 3.05) is 5.32 Å². The maximum absolute atomic E-state index is 11.8. The molecular weight excluding hydrogens is 492 g/mol. The van der Waals surface area contributed by atoms with Gasteiger partial charge in [0, 0.05) is 18.0 Å². The van der Waals surface area contributed by atoms with Gasteiger partial charge in [-0.2, -0.15) is 5.26 Å². The number of hydrogen-bond donors (Lipinski definition) is 1. The molecule has 0 spiro atoms. The number of nitriles is 1. The smallest absolute Gasteiger partial charge is 0.334 e. The highest BCUT2D eigenvalue weighted by atomic mass is 79.9. The van der Waals surface area contributed by atoms with Gasteiger partial charge in [-0.3, -0.25) is 10.1 Å². The summed E-state index contributed by atoms with van der Waals surface area (Å²) >= 11 is 6.83. The Labute approximate surface area is 177 Å². The number of rotatable bonds is 6. The molecule has 3 aromatic rings. The number of nitrogens with zero attached hydrogens (tertiary/aromatic N) is 3. The molecule has 2 aromatic carbocycles. The molecule has 0 fully saturated rings. The molecule has 7 nitrogen and oxygen atoms in total. The molecule has 0 aliphatic heterocycles. The average Bonchev–Trinajstić information content (AvgIpc) is 2.68. The van der Waals surface area contributed by atoms with E-state index in [1.165, 1.54) is 0 Å². The van der Waals surface area contributed by atoms with Crippen LogP contribution in [0.1, 0.15) is 14.9 Å². The average molecular weight is 504 g/mol. The van der Waals surface area contributed by atoms with Gasteiger partial charge in [0.15, 0.2) is 0 Å². The summed E-state index contributed by atoms with van der Waals surface area (Å²) < 4.78 is 5.46. The van der Waals surface area contributed by atoms with E-state index in [0.29, 0.717) is 16.8 Å². The maximum atomic E-state index is 11.8. The molecule has 0 amide bonds. The lowest BCUT2D eigenvalue weighted by molar-refractivity contribution is -0.384. The summed E-state index contributed by atoms with van der Waals surface area (Å²) in [6, 6.07) is 16.9. The third-order valence-electron chi connectivity index (χ3n) is 3.68. The third kappa shape index (κ3) is 4.65. The Balaban J connectivity index is 2.08. The maximum Gasteiger partial charge on any atom is 0.334 e. The third-order valence-corrected chi connectivity index (χ3v) is 4.73. The molecule has 0 unspecified atom stereocenters. The van der Waals surface area contributed by atoms with E-state index in [4.69, 9.17) is 10.00 Å². The van der Waals surface area contributed by atoms with Gasteiger partial charge in [0.2, 0.25) is 11.6 Å². The Morgan fingerprint density at radius 3 is 2.50 bits per heavy atom. The lowest BCUT2D eigenvalue weighted by Crippen LogP contribution is -2.02. The molecule has 0 saturated heterocycles. The molecule has 0 aliphatic carbocycles. The Kier molecular flexibility index (Phi) is 6.23. The van der Waals surface area contributed by atoms with Crippen LogP contribution in [-0.4, -0.2) is 9.91 Å². The molecule has 0 radical (unpaired) electrons. The SMILES string of the molecule is N#Cc1ccc(Nc2cc(C(Br)Br)cc(Oc3ccccn3)c2[N+](=O)[O-])cc1. The highest BCUT2D eigenvalue weighted by molar-refractivity contribution is 9.24. The van der Waals surface area contributed by atoms with Gasteiger partial charge in [0.1, 0.15) is 5.69 Å². The van der Waals surface area contributed by atoms with Crippen molar-refractivity contribution in [3.63, 3.8) is 0 Å². The number of aromatic nitrogens is 1. The number of nitrogens with one attached hydrogen (secondary N) is 1. The van der Waals surface area contributed by atoms with E-state index in [1.807, 2.05) is 6.07 Å². The topological polar surface area (TPSA) is 101 Å². The lowest BCUT2D eigenvalue weighted by atomic mass is 10.1. The second-order valence-corrected chi connectivity index (χ2v) is 8.62. The molecule has 28 heavy (non-hydrogen) atoms. The van der Waals surface area contributed by atoms with E-state index in [1.54, 1.807) is 60.8 Å². The normalized spacial score (nSPS) is 10.4. The standard InChI is InChI=1S/C19H12Br2N4O3/c20-19(21)13-9-15(24-14-6-4-12(11-22)5-7-14)18(25(26)27)16(10-13)28-17-3-1-2-8-23-17/h1-10,19,24H. The van der Waals surface area contributed by atoms with Crippen LogP contribution < -0.4 is 10.1 Å². The van der Waals surface area contributed by atoms with Gasteiger partial charge in [0.05, 0.1) is 20.3 Å². The first kappa shape index (κ1) is 19.8. The second-order valence-electron chi connectivity index (χ2n) is 5.56. The summed E-state index contributed by atoms with van der Waals surface area (Å²) in [6.45, 7) is 0. The summed E-state index contributed by atoms with van der Waals surface area (Å²) in [5.74, 6) is 0.300. The summed E-state index contributed by atoms with van der Waals surface area (Å²) in [5.41, 5.74) is 1.84. The van der Waals surface area contributed by atoms with E-state index < -0.39 is 4.92 Å². The van der Waals surface area contributed by atoms with Gasteiger partial charge in [-0.1, -0.05) is 37.9 Å². The second kappa shape index (κ2) is 8.82. The van der Waals surface area contributed by atoms with Crippen molar-refractivity contribution < 1.29 is 9.66 Å². The number of halogens is 2. The minimum absolute atomic E-state index is 0.0567. The van der Waals surface area contributed by atoms with Crippen LogP contribution in [0.15, 0.2) is 60.8 Å². The number of pyridine rings is 1. The van der Waals surface area contributed by atoms with Crippen LogP contribution in [0.4, 0.5) is 17.1 Å². The van der Waals surface area contributed by atoms with Crippen LogP contribution in [-0.2, 0) is 0 Å². The number of ether oxygens (including phenoxy) is 1. The van der Waals surface area contributed by atoms with Crippen LogP contribution in [0.2, 0.25) is 0 Å². The summed E-state index contributed by atoms with van der Waals surface area (Å²) in [4.78, 5) is 15.4. The number of nitro groups is 1.